The standard InChI is InChI=1S/C41H50FN3O5/c1-25(2)34-27(4)35(36(39(46)47)50-40(5,6)7)38-44-19-17-41(8,18-20-44)48-21-10-9-12-26(3)49-33-16-15-30(42)23-31(33)28-13-11-14-29(22-28)32-24-45(38)37(34)43-32/h11,13-16,22-24,26,36H,1,9-10,12,17-21H2,2-8H3,(H,46,47)/t26-,36-/m0/s1. The Bertz CT molecular complexity index is 1920. The number of fused-ring (bicyclic) bond motifs is 8. The highest BCUT2D eigenvalue weighted by Gasteiger charge is 2.38. The van der Waals surface area contributed by atoms with Crippen LogP contribution in [0.2, 0.25) is 0 Å². The van der Waals surface area contributed by atoms with E-state index in [9.17, 15) is 14.3 Å². The molecule has 2 aromatic carbocycles. The minimum Gasteiger partial charge on any atom is -0.490 e. The average molecular weight is 684 g/mol. The number of aliphatic carboxylic acids is 1. The van der Waals surface area contributed by atoms with Crippen molar-refractivity contribution in [1.29, 1.82) is 0 Å². The number of nitrogens with zero attached hydrogens (tertiary/aromatic N) is 3. The number of carboxylic acids is 1. The topological polar surface area (TPSA) is 85.5 Å². The van der Waals surface area contributed by atoms with E-state index in [0.717, 1.165) is 65.7 Å². The molecule has 2 aromatic heterocycles. The number of ether oxygens (including phenoxy) is 3. The number of rotatable bonds is 4. The van der Waals surface area contributed by atoms with Crippen LogP contribution in [0.15, 0.2) is 55.2 Å². The molecule has 50 heavy (non-hydrogen) atoms. The van der Waals surface area contributed by atoms with Gasteiger partial charge < -0.3 is 24.2 Å². The first kappa shape index (κ1) is 35.6. The van der Waals surface area contributed by atoms with E-state index < -0.39 is 17.7 Å². The summed E-state index contributed by atoms with van der Waals surface area (Å²) in [6.07, 6.45) is 4.94. The molecule has 8 nitrogen and oxygen atoms in total. The molecule has 0 spiro atoms. The highest BCUT2D eigenvalue weighted by Crippen LogP contribution is 2.43. The molecule has 0 radical (unpaired) electrons. The predicted octanol–water partition coefficient (Wildman–Crippen LogP) is 9.42. The number of hydrogen-bond donors (Lipinski definition) is 1. The van der Waals surface area contributed by atoms with Crippen LogP contribution in [-0.4, -0.2) is 57.5 Å². The second-order valence-corrected chi connectivity index (χ2v) is 15.2. The molecule has 7 rings (SSSR count). The van der Waals surface area contributed by atoms with Crippen molar-refractivity contribution in [1.82, 2.24) is 9.38 Å². The van der Waals surface area contributed by atoms with E-state index >= 15 is 0 Å². The lowest BCUT2D eigenvalue weighted by molar-refractivity contribution is -0.160. The number of benzene rings is 2. The van der Waals surface area contributed by atoms with Crippen LogP contribution < -0.4 is 9.64 Å². The SMILES string of the molecule is C=C(C)c1c(C)c([C@H](OC(C)(C)C)C(=O)O)c2n3cc(nc13)-c1cccc(c1)-c1cc(F)ccc1O[C@@H](C)CCCCOC1(C)CCN2CC1. The molecule has 6 bridgehead atoms. The largest absolute Gasteiger partial charge is 0.490 e. The molecular weight excluding hydrogens is 633 g/mol. The first-order chi connectivity index (χ1) is 23.6. The Hall–Kier alpha value is -4.21. The summed E-state index contributed by atoms with van der Waals surface area (Å²) in [6, 6.07) is 12.5. The van der Waals surface area contributed by atoms with Crippen LogP contribution in [0.1, 0.15) is 96.4 Å². The highest BCUT2D eigenvalue weighted by atomic mass is 19.1. The Morgan fingerprint density at radius 2 is 1.86 bits per heavy atom. The van der Waals surface area contributed by atoms with E-state index in [1.807, 2.05) is 69.5 Å². The molecule has 9 heteroatoms. The Balaban J connectivity index is 1.61. The van der Waals surface area contributed by atoms with Crippen LogP contribution in [-0.2, 0) is 14.3 Å². The van der Waals surface area contributed by atoms with Gasteiger partial charge in [-0.15, -0.1) is 0 Å². The number of anilines is 1. The molecule has 1 saturated heterocycles. The molecule has 3 aliphatic rings. The molecular formula is C41H50FN3O5. The van der Waals surface area contributed by atoms with E-state index in [1.54, 1.807) is 6.07 Å². The van der Waals surface area contributed by atoms with Gasteiger partial charge in [0.2, 0.25) is 0 Å². The second kappa shape index (κ2) is 13.8. The summed E-state index contributed by atoms with van der Waals surface area (Å²) < 4.78 is 36.0. The molecule has 4 aromatic rings. The zero-order chi connectivity index (χ0) is 36.0. The molecule has 0 amide bonds. The monoisotopic (exact) mass is 683 g/mol. The van der Waals surface area contributed by atoms with Gasteiger partial charge in [0.1, 0.15) is 23.0 Å². The predicted molar refractivity (Wildman–Crippen MR) is 196 cm³/mol. The van der Waals surface area contributed by atoms with Crippen LogP contribution in [0.4, 0.5) is 10.2 Å². The molecule has 0 aliphatic carbocycles. The smallest absolute Gasteiger partial charge is 0.337 e. The lowest BCUT2D eigenvalue weighted by Crippen LogP contribution is -2.45. The van der Waals surface area contributed by atoms with Crippen LogP contribution in [0, 0.1) is 12.7 Å². The summed E-state index contributed by atoms with van der Waals surface area (Å²) in [6.45, 7) is 20.0. The molecule has 1 fully saturated rings. The van der Waals surface area contributed by atoms with E-state index in [-0.39, 0.29) is 17.5 Å². The Labute approximate surface area is 294 Å². The highest BCUT2D eigenvalue weighted by molar-refractivity contribution is 5.86. The number of piperidine rings is 1. The zero-order valence-corrected chi connectivity index (χ0v) is 30.4. The fraction of sp³-hybridized carbons (Fsp3) is 0.463. The molecule has 2 atom stereocenters. The van der Waals surface area contributed by atoms with Crippen molar-refractivity contribution < 1.29 is 28.5 Å². The van der Waals surface area contributed by atoms with E-state index in [4.69, 9.17) is 19.2 Å². The fourth-order valence-corrected chi connectivity index (χ4v) is 7.33. The molecule has 1 N–H and O–H groups in total. The van der Waals surface area contributed by atoms with E-state index in [1.165, 1.54) is 12.1 Å². The van der Waals surface area contributed by atoms with Gasteiger partial charge in [-0.3, -0.25) is 4.40 Å². The van der Waals surface area contributed by atoms with Gasteiger partial charge in [0, 0.05) is 48.1 Å². The number of carbonyl (C=O) groups is 1. The summed E-state index contributed by atoms with van der Waals surface area (Å²) in [5.74, 6) is -0.0229. The third kappa shape index (κ3) is 7.30. The summed E-state index contributed by atoms with van der Waals surface area (Å²) in [5, 5.41) is 10.7. The maximum atomic E-state index is 14.7. The molecule has 266 valence electrons. The van der Waals surface area contributed by atoms with Crippen molar-refractivity contribution in [2.45, 2.75) is 104 Å². The number of carboxylic acid groups (broad SMARTS) is 1. The van der Waals surface area contributed by atoms with Crippen LogP contribution in [0.25, 0.3) is 33.6 Å². The van der Waals surface area contributed by atoms with Crippen molar-refractivity contribution >= 4 is 23.0 Å². The van der Waals surface area contributed by atoms with Gasteiger partial charge in [-0.25, -0.2) is 14.2 Å². The Morgan fingerprint density at radius 3 is 2.54 bits per heavy atom. The first-order valence-corrected chi connectivity index (χ1v) is 17.7. The van der Waals surface area contributed by atoms with Crippen LogP contribution in [0.3, 0.4) is 0 Å². The summed E-state index contributed by atoms with van der Waals surface area (Å²) in [7, 11) is 0. The van der Waals surface area contributed by atoms with Crippen molar-refractivity contribution in [3.8, 4) is 28.1 Å². The van der Waals surface area contributed by atoms with Gasteiger partial charge in [0.25, 0.3) is 0 Å². The minimum absolute atomic E-state index is 0.0569. The Morgan fingerprint density at radius 1 is 1.14 bits per heavy atom. The molecule has 0 saturated carbocycles. The second-order valence-electron chi connectivity index (χ2n) is 15.2. The molecule has 5 heterocycles. The molecule has 3 aliphatic heterocycles. The van der Waals surface area contributed by atoms with Crippen molar-refractivity contribution in [2.24, 2.45) is 0 Å². The minimum atomic E-state index is -1.23. The van der Waals surface area contributed by atoms with Gasteiger partial charge in [-0.1, -0.05) is 24.8 Å². The summed E-state index contributed by atoms with van der Waals surface area (Å²) in [4.78, 5) is 20.6. The zero-order valence-electron chi connectivity index (χ0n) is 30.4. The number of pyridine rings is 1. The van der Waals surface area contributed by atoms with Crippen molar-refractivity contribution in [3.05, 3.63) is 77.7 Å². The van der Waals surface area contributed by atoms with E-state index in [2.05, 4.69) is 25.3 Å². The summed E-state index contributed by atoms with van der Waals surface area (Å²) in [5.41, 5.74) is 5.60. The summed E-state index contributed by atoms with van der Waals surface area (Å²) >= 11 is 0. The fourth-order valence-electron chi connectivity index (χ4n) is 7.33. The van der Waals surface area contributed by atoms with Crippen molar-refractivity contribution in [3.63, 3.8) is 0 Å². The van der Waals surface area contributed by atoms with Gasteiger partial charge in [0.15, 0.2) is 6.10 Å². The number of hydrogen-bond acceptors (Lipinski definition) is 6. The normalized spacial score (nSPS) is 20.7. The number of imidazole rings is 1. The van der Waals surface area contributed by atoms with E-state index in [0.29, 0.717) is 47.9 Å². The maximum absolute atomic E-state index is 14.7. The molecule has 0 unspecified atom stereocenters. The lowest BCUT2D eigenvalue weighted by atomic mass is 9.91. The Kier molecular flexibility index (Phi) is 9.85. The average Bonchev–Trinajstić information content (AvgIpc) is 3.48. The van der Waals surface area contributed by atoms with Crippen LogP contribution >= 0.6 is 0 Å². The van der Waals surface area contributed by atoms with Crippen LogP contribution in [0.5, 0.6) is 5.75 Å². The first-order valence-electron chi connectivity index (χ1n) is 17.7. The number of allylic oxidation sites excluding steroid dienone is 1. The van der Waals surface area contributed by atoms with Gasteiger partial charge in [-0.05, 0) is 122 Å². The third-order valence-electron chi connectivity index (χ3n) is 9.88. The lowest BCUT2D eigenvalue weighted by Gasteiger charge is -2.42. The van der Waals surface area contributed by atoms with Crippen molar-refractivity contribution in [2.75, 3.05) is 24.6 Å². The third-order valence-corrected chi connectivity index (χ3v) is 9.88. The quantitative estimate of drug-likeness (QED) is 0.229. The number of aromatic nitrogens is 2. The van der Waals surface area contributed by atoms with Gasteiger partial charge in [0.05, 0.1) is 23.0 Å². The van der Waals surface area contributed by atoms with Gasteiger partial charge in [-0.2, -0.15) is 0 Å². The number of halogens is 1. The van der Waals surface area contributed by atoms with Gasteiger partial charge >= 0.3 is 5.97 Å². The maximum Gasteiger partial charge on any atom is 0.337 e.